The number of carbonyl (C=O) groups is 3. The molecule has 0 aliphatic carbocycles. The Morgan fingerprint density at radius 2 is 1.88 bits per heavy atom. The van der Waals surface area contributed by atoms with Gasteiger partial charge in [0.05, 0.1) is 17.0 Å². The molecule has 1 unspecified atom stereocenters. The molecule has 1 N–H and O–H groups in total. The molecular weight excluding hydrogens is 326 g/mol. The van der Waals surface area contributed by atoms with Crippen LogP contribution in [0.4, 0.5) is 5.00 Å². The zero-order chi connectivity index (χ0) is 18.3. The van der Waals surface area contributed by atoms with Gasteiger partial charge in [-0.1, -0.05) is 26.7 Å². The number of nitrogens with one attached hydrogen (secondary N) is 1. The van der Waals surface area contributed by atoms with Crippen molar-refractivity contribution < 1.29 is 19.1 Å². The van der Waals surface area contributed by atoms with Crippen LogP contribution in [0.1, 0.15) is 79.0 Å². The first-order chi connectivity index (χ1) is 11.4. The summed E-state index contributed by atoms with van der Waals surface area (Å²) in [6.45, 7) is 9.20. The van der Waals surface area contributed by atoms with E-state index in [2.05, 4.69) is 12.2 Å². The molecule has 1 aromatic rings. The minimum atomic E-state index is -0.504. The van der Waals surface area contributed by atoms with Crippen LogP contribution < -0.4 is 5.32 Å². The molecule has 1 heterocycles. The highest BCUT2D eigenvalue weighted by molar-refractivity contribution is 7.18. The molecule has 0 saturated heterocycles. The van der Waals surface area contributed by atoms with Crippen LogP contribution in [0, 0.1) is 12.8 Å². The van der Waals surface area contributed by atoms with Gasteiger partial charge in [0.1, 0.15) is 5.00 Å². The molecule has 0 fully saturated rings. The van der Waals surface area contributed by atoms with Crippen molar-refractivity contribution in [3.05, 3.63) is 16.0 Å². The zero-order valence-electron chi connectivity index (χ0n) is 15.2. The topological polar surface area (TPSA) is 72.5 Å². The predicted molar refractivity (Wildman–Crippen MR) is 97.0 cm³/mol. The van der Waals surface area contributed by atoms with Crippen molar-refractivity contribution >= 4 is 34.0 Å². The highest BCUT2D eigenvalue weighted by Gasteiger charge is 2.26. The van der Waals surface area contributed by atoms with E-state index in [-0.39, 0.29) is 24.2 Å². The SMILES string of the molecule is CCCCC(CC)C(=O)Nc1sc(C(C)=O)c(C)c1C(=O)OCC. The Balaban J connectivity index is 3.12. The fourth-order valence-corrected chi connectivity index (χ4v) is 3.66. The first kappa shape index (κ1) is 20.4. The second-order valence-electron chi connectivity index (χ2n) is 5.77. The number of Topliss-reactive ketones (excluding diaryl/α,β-unsaturated/α-hetero) is 1. The lowest BCUT2D eigenvalue weighted by molar-refractivity contribution is -0.120. The smallest absolute Gasteiger partial charge is 0.341 e. The molecule has 1 aromatic heterocycles. The van der Waals surface area contributed by atoms with E-state index in [0.29, 0.717) is 21.0 Å². The minimum Gasteiger partial charge on any atom is -0.462 e. The summed E-state index contributed by atoms with van der Waals surface area (Å²) in [5, 5.41) is 3.27. The largest absolute Gasteiger partial charge is 0.462 e. The van der Waals surface area contributed by atoms with Crippen LogP contribution in [0.25, 0.3) is 0 Å². The van der Waals surface area contributed by atoms with E-state index < -0.39 is 5.97 Å². The number of unbranched alkanes of at least 4 members (excludes halogenated alkanes) is 1. The summed E-state index contributed by atoms with van der Waals surface area (Å²) in [7, 11) is 0. The molecule has 0 aromatic carbocycles. The molecule has 0 aliphatic heterocycles. The Labute approximate surface area is 147 Å². The van der Waals surface area contributed by atoms with Gasteiger partial charge >= 0.3 is 5.97 Å². The number of esters is 1. The van der Waals surface area contributed by atoms with Gasteiger partial charge in [0.2, 0.25) is 5.91 Å². The van der Waals surface area contributed by atoms with Gasteiger partial charge in [0, 0.05) is 5.92 Å². The van der Waals surface area contributed by atoms with E-state index in [1.54, 1.807) is 13.8 Å². The van der Waals surface area contributed by atoms with Crippen molar-refractivity contribution in [1.82, 2.24) is 0 Å². The van der Waals surface area contributed by atoms with Crippen molar-refractivity contribution in [2.75, 3.05) is 11.9 Å². The van der Waals surface area contributed by atoms with E-state index >= 15 is 0 Å². The van der Waals surface area contributed by atoms with E-state index in [1.807, 2.05) is 6.92 Å². The summed E-state index contributed by atoms with van der Waals surface area (Å²) in [6.07, 6.45) is 3.57. The van der Waals surface area contributed by atoms with Crippen LogP contribution >= 0.6 is 11.3 Å². The third kappa shape index (κ3) is 4.90. The normalized spacial score (nSPS) is 11.9. The number of ketones is 1. The second kappa shape index (κ2) is 9.57. The maximum absolute atomic E-state index is 12.5. The van der Waals surface area contributed by atoms with Crippen molar-refractivity contribution in [1.29, 1.82) is 0 Å². The van der Waals surface area contributed by atoms with E-state index in [4.69, 9.17) is 4.74 Å². The van der Waals surface area contributed by atoms with Gasteiger partial charge < -0.3 is 10.1 Å². The number of thiophene rings is 1. The molecule has 0 spiro atoms. The van der Waals surface area contributed by atoms with Crippen molar-refractivity contribution in [3.8, 4) is 0 Å². The Morgan fingerprint density at radius 1 is 1.21 bits per heavy atom. The number of hydrogen-bond acceptors (Lipinski definition) is 5. The lowest BCUT2D eigenvalue weighted by atomic mass is 9.98. The lowest BCUT2D eigenvalue weighted by Gasteiger charge is -2.14. The summed E-state index contributed by atoms with van der Waals surface area (Å²) in [4.78, 5) is 37.0. The molecule has 0 bridgehead atoms. The molecule has 1 atom stereocenters. The van der Waals surface area contributed by atoms with Gasteiger partial charge in [-0.3, -0.25) is 9.59 Å². The third-order valence-electron chi connectivity index (χ3n) is 3.95. The number of anilines is 1. The number of amides is 1. The third-order valence-corrected chi connectivity index (χ3v) is 5.26. The van der Waals surface area contributed by atoms with Crippen molar-refractivity contribution in [2.24, 2.45) is 5.92 Å². The van der Waals surface area contributed by atoms with Crippen LogP contribution in [0.2, 0.25) is 0 Å². The maximum atomic E-state index is 12.5. The number of hydrogen-bond donors (Lipinski definition) is 1. The van der Waals surface area contributed by atoms with E-state index in [1.165, 1.54) is 6.92 Å². The van der Waals surface area contributed by atoms with E-state index in [0.717, 1.165) is 37.0 Å². The van der Waals surface area contributed by atoms with E-state index in [9.17, 15) is 14.4 Å². The molecule has 1 amide bonds. The molecule has 134 valence electrons. The van der Waals surface area contributed by atoms with Crippen LogP contribution in [-0.4, -0.2) is 24.3 Å². The summed E-state index contributed by atoms with van der Waals surface area (Å²) in [6, 6.07) is 0. The monoisotopic (exact) mass is 353 g/mol. The lowest BCUT2D eigenvalue weighted by Crippen LogP contribution is -2.23. The number of rotatable bonds is 9. The van der Waals surface area contributed by atoms with Gasteiger partial charge in [0.15, 0.2) is 5.78 Å². The maximum Gasteiger partial charge on any atom is 0.341 e. The first-order valence-corrected chi connectivity index (χ1v) is 9.31. The van der Waals surface area contributed by atoms with Crippen LogP contribution in [0.3, 0.4) is 0 Å². The summed E-state index contributed by atoms with van der Waals surface area (Å²) < 4.78 is 5.08. The molecule has 1 rings (SSSR count). The zero-order valence-corrected chi connectivity index (χ0v) is 16.0. The minimum absolute atomic E-state index is 0.0943. The molecular formula is C18H27NO4S. The van der Waals surface area contributed by atoms with Crippen LogP contribution in [-0.2, 0) is 9.53 Å². The first-order valence-electron chi connectivity index (χ1n) is 8.49. The molecule has 24 heavy (non-hydrogen) atoms. The molecule has 0 aliphatic rings. The average molecular weight is 353 g/mol. The van der Waals surface area contributed by atoms with Gasteiger partial charge in [0.25, 0.3) is 0 Å². The standard InChI is InChI=1S/C18H27NO4S/c1-6-9-10-13(7-2)16(21)19-17-14(18(22)23-8-3)11(4)15(24-17)12(5)20/h13H,6-10H2,1-5H3,(H,19,21). The molecule has 6 heteroatoms. The molecule has 5 nitrogen and oxygen atoms in total. The van der Waals surface area contributed by atoms with Crippen molar-refractivity contribution in [3.63, 3.8) is 0 Å². The average Bonchev–Trinajstić information content (AvgIpc) is 2.85. The highest BCUT2D eigenvalue weighted by Crippen LogP contribution is 2.34. The fraction of sp³-hybridized carbons (Fsp3) is 0.611. The molecule has 0 saturated carbocycles. The van der Waals surface area contributed by atoms with Gasteiger partial charge in [-0.15, -0.1) is 11.3 Å². The summed E-state index contributed by atoms with van der Waals surface area (Å²) in [5.41, 5.74) is 0.869. The summed E-state index contributed by atoms with van der Waals surface area (Å²) >= 11 is 1.15. The van der Waals surface area contributed by atoms with Gasteiger partial charge in [-0.2, -0.15) is 0 Å². The van der Waals surface area contributed by atoms with Gasteiger partial charge in [-0.25, -0.2) is 4.79 Å². The predicted octanol–water partition coefficient (Wildman–Crippen LogP) is 4.59. The highest BCUT2D eigenvalue weighted by atomic mass is 32.1. The Morgan fingerprint density at radius 3 is 2.38 bits per heavy atom. The quantitative estimate of drug-likeness (QED) is 0.520. The summed E-state index contributed by atoms with van der Waals surface area (Å²) in [5.74, 6) is -0.826. The Hall–Kier alpha value is -1.69. The Bertz CT molecular complexity index is 606. The second-order valence-corrected chi connectivity index (χ2v) is 6.79. The Kier molecular flexibility index (Phi) is 8.11. The molecule has 0 radical (unpaired) electrons. The van der Waals surface area contributed by atoms with Crippen LogP contribution in [0.5, 0.6) is 0 Å². The number of carbonyl (C=O) groups excluding carboxylic acids is 3. The van der Waals surface area contributed by atoms with Gasteiger partial charge in [-0.05, 0) is 39.2 Å². The fourth-order valence-electron chi connectivity index (χ4n) is 2.57. The van der Waals surface area contributed by atoms with Crippen LogP contribution in [0.15, 0.2) is 0 Å². The van der Waals surface area contributed by atoms with Crippen molar-refractivity contribution in [2.45, 2.75) is 60.3 Å². The number of ether oxygens (including phenoxy) is 1.